The number of nitrogens with zero attached hydrogens (tertiary/aromatic N) is 2. The van der Waals surface area contributed by atoms with E-state index in [9.17, 15) is 0 Å². The number of nitrogens with one attached hydrogen (secondary N) is 1. The van der Waals surface area contributed by atoms with Gasteiger partial charge in [-0.1, -0.05) is 6.07 Å². The van der Waals surface area contributed by atoms with Crippen LogP contribution in [0.5, 0.6) is 5.75 Å². The minimum Gasteiger partial charge on any atom is -0.496 e. The van der Waals surface area contributed by atoms with E-state index in [1.165, 1.54) is 5.56 Å². The molecule has 1 heterocycles. The molecule has 1 aromatic carbocycles. The second kappa shape index (κ2) is 6.62. The highest BCUT2D eigenvalue weighted by Crippen LogP contribution is 2.25. The van der Waals surface area contributed by atoms with E-state index in [2.05, 4.69) is 65.3 Å². The average molecular weight is 352 g/mol. The molecule has 114 valence electrons. The third-order valence-electron chi connectivity index (χ3n) is 3.06. The van der Waals surface area contributed by atoms with E-state index in [1.807, 2.05) is 16.9 Å². The molecule has 0 spiro atoms. The molecular formula is C16H22BrN3O. The van der Waals surface area contributed by atoms with Crippen molar-refractivity contribution in [2.45, 2.75) is 39.4 Å². The van der Waals surface area contributed by atoms with Crippen molar-refractivity contribution in [3.8, 4) is 5.75 Å². The molecular weight excluding hydrogens is 330 g/mol. The first kappa shape index (κ1) is 16.0. The molecule has 0 atom stereocenters. The van der Waals surface area contributed by atoms with Gasteiger partial charge in [0.15, 0.2) is 0 Å². The standard InChI is InChI=1S/C16H22BrN3O/c1-16(2,3)18-10-13-7-8-20(19-13)11-12-5-6-15(21-4)14(17)9-12/h5-9,18H,10-11H2,1-4H3. The van der Waals surface area contributed by atoms with Gasteiger partial charge in [-0.2, -0.15) is 5.10 Å². The van der Waals surface area contributed by atoms with Crippen LogP contribution in [0.1, 0.15) is 32.0 Å². The summed E-state index contributed by atoms with van der Waals surface area (Å²) in [7, 11) is 1.67. The van der Waals surface area contributed by atoms with Gasteiger partial charge in [0, 0.05) is 18.3 Å². The Hall–Kier alpha value is -1.33. The van der Waals surface area contributed by atoms with Gasteiger partial charge in [0.05, 0.1) is 23.8 Å². The Morgan fingerprint density at radius 2 is 2.05 bits per heavy atom. The Bertz CT molecular complexity index is 602. The van der Waals surface area contributed by atoms with Crippen molar-refractivity contribution in [2.24, 2.45) is 0 Å². The van der Waals surface area contributed by atoms with Crippen molar-refractivity contribution in [1.29, 1.82) is 0 Å². The zero-order valence-electron chi connectivity index (χ0n) is 13.0. The van der Waals surface area contributed by atoms with Gasteiger partial charge >= 0.3 is 0 Å². The van der Waals surface area contributed by atoms with Crippen molar-refractivity contribution >= 4 is 15.9 Å². The monoisotopic (exact) mass is 351 g/mol. The Labute approximate surface area is 134 Å². The predicted molar refractivity (Wildman–Crippen MR) is 88.6 cm³/mol. The van der Waals surface area contributed by atoms with Crippen LogP contribution in [0.25, 0.3) is 0 Å². The molecule has 0 bridgehead atoms. The summed E-state index contributed by atoms with van der Waals surface area (Å²) in [5, 5.41) is 8.03. The molecule has 2 rings (SSSR count). The molecule has 0 aliphatic carbocycles. The molecule has 5 heteroatoms. The van der Waals surface area contributed by atoms with Crippen LogP contribution in [0.15, 0.2) is 34.9 Å². The largest absolute Gasteiger partial charge is 0.496 e. The fourth-order valence-corrected chi connectivity index (χ4v) is 2.53. The number of methoxy groups -OCH3 is 1. The number of hydrogen-bond acceptors (Lipinski definition) is 3. The van der Waals surface area contributed by atoms with Gasteiger partial charge in [-0.15, -0.1) is 0 Å². The molecule has 0 unspecified atom stereocenters. The molecule has 0 saturated carbocycles. The van der Waals surface area contributed by atoms with Crippen LogP contribution >= 0.6 is 15.9 Å². The first-order valence-corrected chi connectivity index (χ1v) is 7.76. The van der Waals surface area contributed by atoms with E-state index in [0.29, 0.717) is 0 Å². The van der Waals surface area contributed by atoms with Crippen LogP contribution in [-0.2, 0) is 13.1 Å². The van der Waals surface area contributed by atoms with Crippen LogP contribution < -0.4 is 10.1 Å². The maximum absolute atomic E-state index is 5.24. The van der Waals surface area contributed by atoms with Gasteiger partial charge in [0.25, 0.3) is 0 Å². The summed E-state index contributed by atoms with van der Waals surface area (Å²) in [6, 6.07) is 8.13. The first-order chi connectivity index (χ1) is 9.87. The average Bonchev–Trinajstić information content (AvgIpc) is 2.83. The van der Waals surface area contributed by atoms with Gasteiger partial charge in [-0.05, 0) is 60.5 Å². The zero-order chi connectivity index (χ0) is 15.5. The van der Waals surface area contributed by atoms with E-state index >= 15 is 0 Å². The Balaban J connectivity index is 2.00. The first-order valence-electron chi connectivity index (χ1n) is 6.97. The van der Waals surface area contributed by atoms with Crippen LogP contribution in [0.3, 0.4) is 0 Å². The van der Waals surface area contributed by atoms with Gasteiger partial charge < -0.3 is 10.1 Å². The number of benzene rings is 1. The van der Waals surface area contributed by atoms with Crippen molar-refractivity contribution < 1.29 is 4.74 Å². The SMILES string of the molecule is COc1ccc(Cn2ccc(CNC(C)(C)C)n2)cc1Br. The molecule has 0 aliphatic heterocycles. The summed E-state index contributed by atoms with van der Waals surface area (Å²) in [6.45, 7) is 7.98. The number of aromatic nitrogens is 2. The van der Waals surface area contributed by atoms with Crippen LogP contribution in [0.4, 0.5) is 0 Å². The lowest BCUT2D eigenvalue weighted by atomic mass is 10.1. The van der Waals surface area contributed by atoms with Crippen molar-refractivity contribution in [3.05, 3.63) is 46.2 Å². The summed E-state index contributed by atoms with van der Waals surface area (Å²) < 4.78 is 8.16. The number of ether oxygens (including phenoxy) is 1. The summed E-state index contributed by atoms with van der Waals surface area (Å²) >= 11 is 3.51. The van der Waals surface area contributed by atoms with Gasteiger partial charge in [0.2, 0.25) is 0 Å². The summed E-state index contributed by atoms with van der Waals surface area (Å²) in [4.78, 5) is 0. The lowest BCUT2D eigenvalue weighted by molar-refractivity contribution is 0.412. The van der Waals surface area contributed by atoms with Gasteiger partial charge in [0.1, 0.15) is 5.75 Å². The topological polar surface area (TPSA) is 39.1 Å². The lowest BCUT2D eigenvalue weighted by Crippen LogP contribution is -2.35. The molecule has 1 N–H and O–H groups in total. The lowest BCUT2D eigenvalue weighted by Gasteiger charge is -2.19. The quantitative estimate of drug-likeness (QED) is 0.894. The Morgan fingerprint density at radius 1 is 1.29 bits per heavy atom. The molecule has 0 saturated heterocycles. The Morgan fingerprint density at radius 3 is 2.67 bits per heavy atom. The molecule has 2 aromatic rings. The second-order valence-electron chi connectivity index (χ2n) is 6.08. The highest BCUT2D eigenvalue weighted by atomic mass is 79.9. The van der Waals surface area contributed by atoms with Crippen LogP contribution in [0.2, 0.25) is 0 Å². The smallest absolute Gasteiger partial charge is 0.133 e. The van der Waals surface area contributed by atoms with Crippen molar-refractivity contribution in [2.75, 3.05) is 7.11 Å². The molecule has 1 aromatic heterocycles. The number of rotatable bonds is 5. The number of hydrogen-bond donors (Lipinski definition) is 1. The van der Waals surface area contributed by atoms with E-state index in [4.69, 9.17) is 4.74 Å². The van der Waals surface area contributed by atoms with Crippen molar-refractivity contribution in [1.82, 2.24) is 15.1 Å². The highest BCUT2D eigenvalue weighted by Gasteiger charge is 2.09. The minimum absolute atomic E-state index is 0.102. The molecule has 0 fully saturated rings. The highest BCUT2D eigenvalue weighted by molar-refractivity contribution is 9.10. The van der Waals surface area contributed by atoms with Gasteiger partial charge in [-0.25, -0.2) is 0 Å². The second-order valence-corrected chi connectivity index (χ2v) is 6.93. The fraction of sp³-hybridized carbons (Fsp3) is 0.438. The maximum atomic E-state index is 5.24. The van der Waals surface area contributed by atoms with Crippen molar-refractivity contribution in [3.63, 3.8) is 0 Å². The number of halogens is 1. The van der Waals surface area contributed by atoms with Crippen LogP contribution in [-0.4, -0.2) is 22.4 Å². The zero-order valence-corrected chi connectivity index (χ0v) is 14.6. The van der Waals surface area contributed by atoms with E-state index in [-0.39, 0.29) is 5.54 Å². The molecule has 0 amide bonds. The molecule has 0 aliphatic rings. The van der Waals surface area contributed by atoms with E-state index in [1.54, 1.807) is 7.11 Å². The van der Waals surface area contributed by atoms with Gasteiger partial charge in [-0.3, -0.25) is 4.68 Å². The molecule has 21 heavy (non-hydrogen) atoms. The maximum Gasteiger partial charge on any atom is 0.133 e. The Kier molecular flexibility index (Phi) is 5.06. The third-order valence-corrected chi connectivity index (χ3v) is 3.68. The summed E-state index contributed by atoms with van der Waals surface area (Å²) in [5.41, 5.74) is 2.34. The summed E-state index contributed by atoms with van der Waals surface area (Å²) in [6.07, 6.45) is 2.01. The predicted octanol–water partition coefficient (Wildman–Crippen LogP) is 3.59. The normalized spacial score (nSPS) is 11.7. The summed E-state index contributed by atoms with van der Waals surface area (Å²) in [5.74, 6) is 0.842. The minimum atomic E-state index is 0.102. The molecule has 0 radical (unpaired) electrons. The molecule has 4 nitrogen and oxygen atoms in total. The van der Waals surface area contributed by atoms with E-state index < -0.39 is 0 Å². The third kappa shape index (κ3) is 4.86. The fourth-order valence-electron chi connectivity index (χ4n) is 1.94. The van der Waals surface area contributed by atoms with Crippen LogP contribution in [0, 0.1) is 0 Å². The van der Waals surface area contributed by atoms with E-state index in [0.717, 1.165) is 29.0 Å².